The third kappa shape index (κ3) is 4.95. The van der Waals surface area contributed by atoms with Gasteiger partial charge in [0.05, 0.1) is 0 Å². The minimum absolute atomic E-state index is 0.798. The van der Waals surface area contributed by atoms with Crippen LogP contribution in [-0.2, 0) is 13.2 Å². The molecule has 0 aromatic heterocycles. The van der Waals surface area contributed by atoms with Crippen LogP contribution in [0.5, 0.6) is 11.5 Å². The molecule has 0 saturated heterocycles. The molecule has 19 heavy (non-hydrogen) atoms. The van der Waals surface area contributed by atoms with Crippen LogP contribution in [0, 0.1) is 13.8 Å². The second-order valence-electron chi connectivity index (χ2n) is 4.29. The van der Waals surface area contributed by atoms with E-state index in [2.05, 4.69) is 26.3 Å². The van der Waals surface area contributed by atoms with Gasteiger partial charge in [-0.2, -0.15) is 0 Å². The maximum atomic E-state index is 5.89. The van der Waals surface area contributed by atoms with Gasteiger partial charge in [0.1, 0.15) is 0 Å². The van der Waals surface area contributed by atoms with E-state index in [1.165, 1.54) is 11.1 Å². The molecular formula is C14H14Br2O2Ti. The molecule has 0 saturated carbocycles. The average molecular weight is 422 g/mol. The average Bonchev–Trinajstić information content (AvgIpc) is 2.34. The summed E-state index contributed by atoms with van der Waals surface area (Å²) in [6.45, 7) is 4.09. The van der Waals surface area contributed by atoms with Gasteiger partial charge < -0.3 is 0 Å². The first-order valence-electron chi connectivity index (χ1n) is 5.84. The van der Waals surface area contributed by atoms with Gasteiger partial charge in [-0.3, -0.25) is 0 Å². The van der Waals surface area contributed by atoms with Crippen molar-refractivity contribution in [1.82, 2.24) is 0 Å². The first-order chi connectivity index (χ1) is 8.94. The maximum absolute atomic E-state index is 5.89. The van der Waals surface area contributed by atoms with Crippen LogP contribution in [0.2, 0.25) is 0 Å². The van der Waals surface area contributed by atoms with Gasteiger partial charge in [0.2, 0.25) is 0 Å². The van der Waals surface area contributed by atoms with E-state index in [-0.39, 0.29) is 0 Å². The molecule has 0 radical (unpaired) electrons. The number of rotatable bonds is 4. The first kappa shape index (κ1) is 15.1. The molecule has 0 N–H and O–H groups in total. The predicted molar refractivity (Wildman–Crippen MR) is 81.5 cm³/mol. The van der Waals surface area contributed by atoms with Crippen molar-refractivity contribution in [3.05, 3.63) is 59.7 Å². The third-order valence-corrected chi connectivity index (χ3v) is 6.66. The number of halogens is 2. The molecular weight excluding hydrogens is 408 g/mol. The van der Waals surface area contributed by atoms with Crippen LogP contribution in [0.1, 0.15) is 11.1 Å². The summed E-state index contributed by atoms with van der Waals surface area (Å²) in [6.07, 6.45) is 0. The summed E-state index contributed by atoms with van der Waals surface area (Å²) in [5.41, 5.74) is 2.41. The zero-order chi connectivity index (χ0) is 13.9. The van der Waals surface area contributed by atoms with E-state index < -0.39 is 13.2 Å². The molecule has 0 spiro atoms. The van der Waals surface area contributed by atoms with Crippen LogP contribution < -0.4 is 6.64 Å². The molecule has 0 atom stereocenters. The Kier molecular flexibility index (Phi) is 5.12. The Balaban J connectivity index is 2.05. The number of aryl methyl sites for hydroxylation is 2. The molecule has 0 fully saturated rings. The normalized spacial score (nSPS) is 11.2. The molecule has 0 aliphatic carbocycles. The van der Waals surface area contributed by atoms with Crippen LogP contribution in [0.4, 0.5) is 0 Å². The Morgan fingerprint density at radius 3 is 1.32 bits per heavy atom. The third-order valence-electron chi connectivity index (χ3n) is 2.52. The topological polar surface area (TPSA) is 18.5 Å². The molecule has 2 aromatic carbocycles. The van der Waals surface area contributed by atoms with E-state index in [0.29, 0.717) is 0 Å². The van der Waals surface area contributed by atoms with Crippen LogP contribution >= 0.6 is 26.3 Å². The van der Waals surface area contributed by atoms with Gasteiger partial charge in [-0.05, 0) is 0 Å². The zero-order valence-electron chi connectivity index (χ0n) is 10.7. The summed E-state index contributed by atoms with van der Waals surface area (Å²) in [4.78, 5) is 0. The van der Waals surface area contributed by atoms with E-state index in [0.717, 1.165) is 11.5 Å². The molecule has 0 bridgehead atoms. The van der Waals surface area contributed by atoms with E-state index in [1.807, 2.05) is 62.4 Å². The van der Waals surface area contributed by atoms with Crippen molar-refractivity contribution in [2.45, 2.75) is 13.8 Å². The molecule has 2 aromatic rings. The summed E-state index contributed by atoms with van der Waals surface area (Å²) in [7, 11) is 0. The molecule has 2 rings (SSSR count). The number of hydrogen-bond acceptors (Lipinski definition) is 2. The van der Waals surface area contributed by atoms with Crippen molar-refractivity contribution in [2.24, 2.45) is 0 Å². The molecule has 0 aliphatic rings. The van der Waals surface area contributed by atoms with Gasteiger partial charge in [-0.25, -0.2) is 0 Å². The molecule has 0 unspecified atom stereocenters. The van der Waals surface area contributed by atoms with Crippen molar-refractivity contribution in [2.75, 3.05) is 0 Å². The van der Waals surface area contributed by atoms with Crippen molar-refractivity contribution in [3.8, 4) is 11.5 Å². The quantitative estimate of drug-likeness (QED) is 0.618. The second kappa shape index (κ2) is 6.44. The van der Waals surface area contributed by atoms with Crippen molar-refractivity contribution in [3.63, 3.8) is 0 Å². The fourth-order valence-electron chi connectivity index (χ4n) is 1.51. The molecule has 0 aliphatic heterocycles. The standard InChI is InChI=1S/2C7H8O.2BrH.Ti/c2*1-6-2-4-7(8)5-3-6;;;/h2*2-5,8H,1H3;2*1H;/q;;;;+4/p-4. The second-order valence-corrected chi connectivity index (χ2v) is 19.4. The Labute approximate surface area is 130 Å². The Morgan fingerprint density at radius 1 is 0.684 bits per heavy atom. The van der Waals surface area contributed by atoms with Gasteiger partial charge in [-0.1, -0.05) is 0 Å². The summed E-state index contributed by atoms with van der Waals surface area (Å²) in [5, 5.41) is 0. The van der Waals surface area contributed by atoms with Gasteiger partial charge in [0.15, 0.2) is 0 Å². The van der Waals surface area contributed by atoms with Crippen LogP contribution in [0.3, 0.4) is 0 Å². The fraction of sp³-hybridized carbons (Fsp3) is 0.143. The van der Waals surface area contributed by atoms with Gasteiger partial charge >= 0.3 is 131 Å². The molecule has 5 heteroatoms. The van der Waals surface area contributed by atoms with Gasteiger partial charge in [0, 0.05) is 0 Å². The Bertz CT molecular complexity index is 489. The molecule has 2 nitrogen and oxygen atoms in total. The van der Waals surface area contributed by atoms with E-state index in [9.17, 15) is 0 Å². The van der Waals surface area contributed by atoms with Gasteiger partial charge in [0.25, 0.3) is 0 Å². The minimum atomic E-state index is -3.13. The van der Waals surface area contributed by atoms with Crippen molar-refractivity contribution in [1.29, 1.82) is 0 Å². The fourth-order valence-corrected chi connectivity index (χ4v) is 5.94. The van der Waals surface area contributed by atoms with E-state index >= 15 is 0 Å². The summed E-state index contributed by atoms with van der Waals surface area (Å²) in [5.74, 6) is 1.60. The van der Waals surface area contributed by atoms with Crippen LogP contribution in [0.15, 0.2) is 48.5 Å². The summed E-state index contributed by atoms with van der Waals surface area (Å²) < 4.78 is 11.8. The van der Waals surface area contributed by atoms with Crippen LogP contribution in [-0.4, -0.2) is 0 Å². The number of benzene rings is 2. The zero-order valence-corrected chi connectivity index (χ0v) is 15.4. The molecule has 100 valence electrons. The summed E-state index contributed by atoms with van der Waals surface area (Å²) >= 11 is 3.98. The monoisotopic (exact) mass is 420 g/mol. The molecule has 0 heterocycles. The van der Waals surface area contributed by atoms with Crippen molar-refractivity contribution >= 4 is 26.3 Å². The van der Waals surface area contributed by atoms with Gasteiger partial charge in [-0.15, -0.1) is 0 Å². The molecule has 0 amide bonds. The first-order valence-corrected chi connectivity index (χ1v) is 14.8. The van der Waals surface area contributed by atoms with Crippen LogP contribution in [0.25, 0.3) is 0 Å². The van der Waals surface area contributed by atoms with E-state index in [1.54, 1.807) is 0 Å². The Hall–Kier alpha value is -0.286. The summed E-state index contributed by atoms with van der Waals surface area (Å²) in [6, 6.07) is 15.8. The van der Waals surface area contributed by atoms with E-state index in [4.69, 9.17) is 6.64 Å². The predicted octanol–water partition coefficient (Wildman–Crippen LogP) is 5.36. The number of hydrogen-bond donors (Lipinski definition) is 0. The van der Waals surface area contributed by atoms with Crippen molar-refractivity contribution < 1.29 is 19.8 Å². The SMILES string of the molecule is Cc1ccc([O][Ti]([Br])([Br])[O]c2ccc(C)cc2)cc1. The Morgan fingerprint density at radius 2 is 1.00 bits per heavy atom.